The van der Waals surface area contributed by atoms with Gasteiger partial charge in [-0.3, -0.25) is 4.79 Å². The van der Waals surface area contributed by atoms with Crippen molar-refractivity contribution in [2.45, 2.75) is 46.5 Å². The van der Waals surface area contributed by atoms with Crippen LogP contribution in [-0.4, -0.2) is 30.8 Å². The van der Waals surface area contributed by atoms with Gasteiger partial charge in [-0.15, -0.1) is 0 Å². The topological polar surface area (TPSA) is 64.4 Å². The second-order valence-corrected chi connectivity index (χ2v) is 6.45. The Hall–Kier alpha value is -1.36. The standard InChI is InChI=1S/C16H26N2O3/c1-4-20-11-16(6-5-7-16)10-17-15(19)14-9-13(18-21-14)8-12(2)3/h9,12H,4-8,10-11H2,1-3H3,(H,17,19). The van der Waals surface area contributed by atoms with Gasteiger partial charge in [-0.25, -0.2) is 0 Å². The van der Waals surface area contributed by atoms with Crippen LogP contribution in [0.1, 0.15) is 56.3 Å². The van der Waals surface area contributed by atoms with Crippen LogP contribution in [0.4, 0.5) is 0 Å². The minimum atomic E-state index is -0.180. The van der Waals surface area contributed by atoms with Crippen LogP contribution in [0.3, 0.4) is 0 Å². The van der Waals surface area contributed by atoms with Crippen molar-refractivity contribution in [1.29, 1.82) is 0 Å². The molecule has 1 aliphatic carbocycles. The van der Waals surface area contributed by atoms with E-state index in [0.717, 1.165) is 38.2 Å². The highest BCUT2D eigenvalue weighted by atomic mass is 16.5. The zero-order valence-corrected chi connectivity index (χ0v) is 13.3. The van der Waals surface area contributed by atoms with Gasteiger partial charge in [0.05, 0.1) is 12.3 Å². The number of nitrogens with one attached hydrogen (secondary N) is 1. The fourth-order valence-corrected chi connectivity index (χ4v) is 2.66. The molecule has 21 heavy (non-hydrogen) atoms. The van der Waals surface area contributed by atoms with E-state index in [2.05, 4.69) is 24.3 Å². The van der Waals surface area contributed by atoms with Crippen molar-refractivity contribution < 1.29 is 14.1 Å². The van der Waals surface area contributed by atoms with Crippen LogP contribution in [0.5, 0.6) is 0 Å². The van der Waals surface area contributed by atoms with Crippen LogP contribution in [0.25, 0.3) is 0 Å². The molecule has 0 aromatic carbocycles. The Labute approximate surface area is 126 Å². The molecule has 1 fully saturated rings. The Morgan fingerprint density at radius 2 is 2.29 bits per heavy atom. The van der Waals surface area contributed by atoms with Gasteiger partial charge < -0.3 is 14.6 Å². The molecule has 118 valence electrons. The number of hydrogen-bond donors (Lipinski definition) is 1. The van der Waals surface area contributed by atoms with Crippen molar-refractivity contribution in [2.75, 3.05) is 19.8 Å². The van der Waals surface area contributed by atoms with Gasteiger partial charge in [-0.2, -0.15) is 0 Å². The van der Waals surface area contributed by atoms with Crippen LogP contribution < -0.4 is 5.32 Å². The Morgan fingerprint density at radius 3 is 2.86 bits per heavy atom. The van der Waals surface area contributed by atoms with Crippen LogP contribution >= 0.6 is 0 Å². The molecule has 0 spiro atoms. The fourth-order valence-electron chi connectivity index (χ4n) is 2.66. The minimum absolute atomic E-state index is 0.118. The first-order chi connectivity index (χ1) is 10.0. The zero-order valence-electron chi connectivity index (χ0n) is 13.3. The number of carbonyl (C=O) groups is 1. The van der Waals surface area contributed by atoms with E-state index in [9.17, 15) is 4.79 Å². The normalized spacial score (nSPS) is 16.8. The molecule has 2 rings (SSSR count). The van der Waals surface area contributed by atoms with Gasteiger partial charge in [-0.05, 0) is 32.1 Å². The van der Waals surface area contributed by atoms with E-state index in [-0.39, 0.29) is 11.3 Å². The molecule has 1 heterocycles. The highest BCUT2D eigenvalue weighted by Crippen LogP contribution is 2.40. The average molecular weight is 294 g/mol. The lowest BCUT2D eigenvalue weighted by Crippen LogP contribution is -2.45. The Bertz CT molecular complexity index is 464. The van der Waals surface area contributed by atoms with Crippen molar-refractivity contribution in [1.82, 2.24) is 10.5 Å². The molecule has 0 radical (unpaired) electrons. The molecule has 1 amide bonds. The maximum absolute atomic E-state index is 12.1. The monoisotopic (exact) mass is 294 g/mol. The van der Waals surface area contributed by atoms with Gasteiger partial charge in [0.1, 0.15) is 0 Å². The summed E-state index contributed by atoms with van der Waals surface area (Å²) in [6.45, 7) is 8.31. The Kier molecular flexibility index (Phi) is 5.39. The van der Waals surface area contributed by atoms with E-state index in [1.807, 2.05) is 6.92 Å². The summed E-state index contributed by atoms with van der Waals surface area (Å²) < 4.78 is 10.7. The van der Waals surface area contributed by atoms with E-state index < -0.39 is 0 Å². The van der Waals surface area contributed by atoms with Crippen molar-refractivity contribution in [3.8, 4) is 0 Å². The molecule has 1 saturated carbocycles. The molecule has 1 aromatic heterocycles. The number of carbonyl (C=O) groups excluding carboxylic acids is 1. The second kappa shape index (κ2) is 7.07. The molecule has 0 unspecified atom stereocenters. The third-order valence-corrected chi connectivity index (χ3v) is 4.05. The van der Waals surface area contributed by atoms with Gasteiger partial charge in [0.15, 0.2) is 0 Å². The largest absolute Gasteiger partial charge is 0.381 e. The van der Waals surface area contributed by atoms with Crippen LogP contribution in [0.15, 0.2) is 10.6 Å². The summed E-state index contributed by atoms with van der Waals surface area (Å²) in [4.78, 5) is 12.1. The summed E-state index contributed by atoms with van der Waals surface area (Å²) in [6.07, 6.45) is 4.26. The van der Waals surface area contributed by atoms with E-state index >= 15 is 0 Å². The number of amides is 1. The van der Waals surface area contributed by atoms with Crippen molar-refractivity contribution in [3.05, 3.63) is 17.5 Å². The Morgan fingerprint density at radius 1 is 1.52 bits per heavy atom. The van der Waals surface area contributed by atoms with E-state index in [1.165, 1.54) is 6.42 Å². The lowest BCUT2D eigenvalue weighted by atomic mass is 9.69. The highest BCUT2D eigenvalue weighted by Gasteiger charge is 2.37. The average Bonchev–Trinajstić information content (AvgIpc) is 2.84. The van der Waals surface area contributed by atoms with Crippen molar-refractivity contribution in [3.63, 3.8) is 0 Å². The molecule has 1 aliphatic rings. The number of hydrogen-bond acceptors (Lipinski definition) is 4. The highest BCUT2D eigenvalue weighted by molar-refractivity contribution is 5.91. The number of rotatable bonds is 8. The van der Waals surface area contributed by atoms with Crippen LogP contribution in [-0.2, 0) is 11.2 Å². The number of ether oxygens (including phenoxy) is 1. The van der Waals surface area contributed by atoms with E-state index in [0.29, 0.717) is 18.2 Å². The first-order valence-corrected chi connectivity index (χ1v) is 7.86. The maximum Gasteiger partial charge on any atom is 0.289 e. The quantitative estimate of drug-likeness (QED) is 0.800. The first-order valence-electron chi connectivity index (χ1n) is 7.86. The lowest BCUT2D eigenvalue weighted by molar-refractivity contribution is -0.000393. The summed E-state index contributed by atoms with van der Waals surface area (Å²) in [5.74, 6) is 0.618. The maximum atomic E-state index is 12.1. The van der Waals surface area contributed by atoms with Gasteiger partial charge in [0.25, 0.3) is 5.91 Å². The Balaban J connectivity index is 1.85. The summed E-state index contributed by atoms with van der Waals surface area (Å²) in [6, 6.07) is 1.74. The fraction of sp³-hybridized carbons (Fsp3) is 0.750. The summed E-state index contributed by atoms with van der Waals surface area (Å²) in [7, 11) is 0. The summed E-state index contributed by atoms with van der Waals surface area (Å²) in [5.41, 5.74) is 0.953. The van der Waals surface area contributed by atoms with E-state index in [1.54, 1.807) is 6.07 Å². The van der Waals surface area contributed by atoms with Gasteiger partial charge in [0, 0.05) is 24.6 Å². The second-order valence-electron chi connectivity index (χ2n) is 6.45. The molecule has 5 heteroatoms. The van der Waals surface area contributed by atoms with Crippen LogP contribution in [0, 0.1) is 11.3 Å². The van der Waals surface area contributed by atoms with Crippen molar-refractivity contribution in [2.24, 2.45) is 11.3 Å². The SMILES string of the molecule is CCOCC1(CNC(=O)c2cc(CC(C)C)no2)CCC1. The summed E-state index contributed by atoms with van der Waals surface area (Å²) >= 11 is 0. The molecule has 0 bridgehead atoms. The van der Waals surface area contributed by atoms with Crippen molar-refractivity contribution >= 4 is 5.91 Å². The molecule has 1 aromatic rings. The predicted octanol–water partition coefficient (Wildman–Crippen LogP) is 2.81. The van der Waals surface area contributed by atoms with E-state index in [4.69, 9.17) is 9.26 Å². The van der Waals surface area contributed by atoms with Crippen LogP contribution in [0.2, 0.25) is 0 Å². The van der Waals surface area contributed by atoms with Gasteiger partial charge >= 0.3 is 0 Å². The zero-order chi connectivity index (χ0) is 15.3. The van der Waals surface area contributed by atoms with Gasteiger partial charge in [-0.1, -0.05) is 25.4 Å². The molecular formula is C16H26N2O3. The molecule has 1 N–H and O–H groups in total. The molecule has 0 atom stereocenters. The number of aromatic nitrogens is 1. The van der Waals surface area contributed by atoms with Gasteiger partial charge in [0.2, 0.25) is 5.76 Å². The molecule has 0 aliphatic heterocycles. The third kappa shape index (κ3) is 4.30. The number of nitrogens with zero attached hydrogens (tertiary/aromatic N) is 1. The third-order valence-electron chi connectivity index (χ3n) is 4.05. The molecule has 5 nitrogen and oxygen atoms in total. The molecule has 0 saturated heterocycles. The lowest BCUT2D eigenvalue weighted by Gasteiger charge is -2.41. The first kappa shape index (κ1) is 16.0. The minimum Gasteiger partial charge on any atom is -0.381 e. The summed E-state index contributed by atoms with van der Waals surface area (Å²) in [5, 5.41) is 6.91. The predicted molar refractivity (Wildman–Crippen MR) is 80.2 cm³/mol. The molecular weight excluding hydrogens is 268 g/mol. The smallest absolute Gasteiger partial charge is 0.289 e.